The highest BCUT2D eigenvalue weighted by atomic mass is 32.2. The molecule has 0 unspecified atom stereocenters. The number of benzene rings is 2. The molecule has 21 heavy (non-hydrogen) atoms. The van der Waals surface area contributed by atoms with E-state index in [2.05, 4.69) is 4.72 Å². The Balaban J connectivity index is 2.43. The van der Waals surface area contributed by atoms with E-state index < -0.39 is 16.3 Å². The average molecular weight is 304 g/mol. The van der Waals surface area contributed by atoms with Gasteiger partial charge in [-0.3, -0.25) is 0 Å². The molecule has 0 aliphatic heterocycles. The Hall–Kier alpha value is -1.69. The Morgan fingerprint density at radius 3 is 1.95 bits per heavy atom. The summed E-state index contributed by atoms with van der Waals surface area (Å²) < 4.78 is 28.3. The first-order valence-electron chi connectivity index (χ1n) is 6.71. The second kappa shape index (κ2) is 6.39. The van der Waals surface area contributed by atoms with E-state index >= 15 is 0 Å². The maximum absolute atomic E-state index is 12.2. The van der Waals surface area contributed by atoms with E-state index in [0.717, 1.165) is 16.7 Å². The second-order valence-electron chi connectivity index (χ2n) is 5.16. The third-order valence-electron chi connectivity index (χ3n) is 3.29. The molecule has 0 saturated heterocycles. The third kappa shape index (κ3) is 3.91. The zero-order valence-corrected chi connectivity index (χ0v) is 13.3. The number of hydrogen-bond donors (Lipinski definition) is 1. The molecule has 2 aromatic carbocycles. The summed E-state index contributed by atoms with van der Waals surface area (Å²) in [7, 11) is -0.494. The molecule has 5 heteroatoms. The Bertz CT molecular complexity index is 680. The van der Waals surface area contributed by atoms with Gasteiger partial charge in [0.05, 0.1) is 6.04 Å². The van der Waals surface area contributed by atoms with Crippen molar-refractivity contribution >= 4 is 10.2 Å². The van der Waals surface area contributed by atoms with Crippen LogP contribution in [0.1, 0.15) is 22.7 Å². The lowest BCUT2D eigenvalue weighted by Crippen LogP contribution is -2.38. The monoisotopic (exact) mass is 304 g/mol. The third-order valence-corrected chi connectivity index (χ3v) is 4.79. The Morgan fingerprint density at radius 1 is 0.905 bits per heavy atom. The fourth-order valence-electron chi connectivity index (χ4n) is 1.99. The zero-order valence-electron chi connectivity index (χ0n) is 12.4. The van der Waals surface area contributed by atoms with Crippen LogP contribution in [0.15, 0.2) is 54.6 Å². The van der Waals surface area contributed by atoms with Crippen molar-refractivity contribution in [2.24, 2.45) is 0 Å². The molecule has 0 heterocycles. The second-order valence-corrected chi connectivity index (χ2v) is 7.08. The Labute approximate surface area is 126 Å². The maximum Gasteiger partial charge on any atom is 0.279 e. The molecular weight excluding hydrogens is 284 g/mol. The highest BCUT2D eigenvalue weighted by Gasteiger charge is 2.22. The van der Waals surface area contributed by atoms with Crippen LogP contribution >= 0.6 is 0 Å². The van der Waals surface area contributed by atoms with Crippen molar-refractivity contribution in [2.45, 2.75) is 13.0 Å². The summed E-state index contributed by atoms with van der Waals surface area (Å²) in [5.74, 6) is 0. The van der Waals surface area contributed by atoms with Gasteiger partial charge in [0.1, 0.15) is 0 Å². The van der Waals surface area contributed by atoms with Crippen LogP contribution in [0.3, 0.4) is 0 Å². The minimum Gasteiger partial charge on any atom is -0.195 e. The molecule has 4 nitrogen and oxygen atoms in total. The highest BCUT2D eigenvalue weighted by molar-refractivity contribution is 7.87. The van der Waals surface area contributed by atoms with Crippen LogP contribution in [0.2, 0.25) is 0 Å². The lowest BCUT2D eigenvalue weighted by Gasteiger charge is -2.22. The van der Waals surface area contributed by atoms with Crippen molar-refractivity contribution in [1.29, 1.82) is 0 Å². The van der Waals surface area contributed by atoms with E-state index in [1.807, 2.05) is 61.5 Å². The molecule has 112 valence electrons. The van der Waals surface area contributed by atoms with Crippen LogP contribution < -0.4 is 4.72 Å². The van der Waals surface area contributed by atoms with Crippen molar-refractivity contribution < 1.29 is 8.42 Å². The molecular formula is C16H20N2O2S. The van der Waals surface area contributed by atoms with Gasteiger partial charge in [-0.05, 0) is 18.1 Å². The van der Waals surface area contributed by atoms with Crippen LogP contribution in [0.25, 0.3) is 0 Å². The maximum atomic E-state index is 12.2. The van der Waals surface area contributed by atoms with Crippen molar-refractivity contribution in [2.75, 3.05) is 14.1 Å². The molecule has 0 spiro atoms. The van der Waals surface area contributed by atoms with Crippen LogP contribution in [0.5, 0.6) is 0 Å². The lowest BCUT2D eigenvalue weighted by atomic mass is 9.99. The van der Waals surface area contributed by atoms with E-state index in [-0.39, 0.29) is 0 Å². The number of hydrogen-bond acceptors (Lipinski definition) is 2. The smallest absolute Gasteiger partial charge is 0.195 e. The molecule has 0 radical (unpaired) electrons. The molecule has 0 aromatic heterocycles. The van der Waals surface area contributed by atoms with Crippen molar-refractivity contribution in [3.05, 3.63) is 71.3 Å². The van der Waals surface area contributed by atoms with Gasteiger partial charge in [-0.2, -0.15) is 17.4 Å². The zero-order chi connectivity index (χ0) is 15.5. The summed E-state index contributed by atoms with van der Waals surface area (Å²) in [4.78, 5) is 0. The fraction of sp³-hybridized carbons (Fsp3) is 0.250. The van der Waals surface area contributed by atoms with Crippen molar-refractivity contribution in [1.82, 2.24) is 9.03 Å². The molecule has 0 bridgehead atoms. The predicted molar refractivity (Wildman–Crippen MR) is 85.2 cm³/mol. The molecule has 2 rings (SSSR count). The van der Waals surface area contributed by atoms with Crippen molar-refractivity contribution in [3.8, 4) is 0 Å². The number of rotatable bonds is 5. The number of nitrogens with one attached hydrogen (secondary N) is 1. The molecule has 0 aliphatic rings. The molecule has 1 N–H and O–H groups in total. The van der Waals surface area contributed by atoms with Gasteiger partial charge in [0.15, 0.2) is 0 Å². The molecule has 0 aliphatic carbocycles. The minimum atomic E-state index is -3.52. The first-order chi connectivity index (χ1) is 9.90. The predicted octanol–water partition coefficient (Wildman–Crippen LogP) is 2.48. The van der Waals surface area contributed by atoms with Gasteiger partial charge in [0.25, 0.3) is 10.2 Å². The molecule has 0 saturated carbocycles. The number of aryl methyl sites for hydroxylation is 1. The summed E-state index contributed by atoms with van der Waals surface area (Å²) >= 11 is 0. The van der Waals surface area contributed by atoms with Gasteiger partial charge in [0.2, 0.25) is 0 Å². The van der Waals surface area contributed by atoms with Crippen LogP contribution in [0, 0.1) is 6.92 Å². The lowest BCUT2D eigenvalue weighted by molar-refractivity contribution is 0.498. The first-order valence-corrected chi connectivity index (χ1v) is 8.15. The SMILES string of the molecule is Cc1ccc([C@H](NS(=O)(=O)N(C)C)c2ccccc2)cc1. The molecule has 1 atom stereocenters. The quantitative estimate of drug-likeness (QED) is 0.922. The summed E-state index contributed by atoms with van der Waals surface area (Å²) in [6.45, 7) is 2.01. The van der Waals surface area contributed by atoms with Crippen LogP contribution in [-0.4, -0.2) is 26.8 Å². The van der Waals surface area contributed by atoms with Gasteiger partial charge < -0.3 is 0 Å². The van der Waals surface area contributed by atoms with Crippen molar-refractivity contribution in [3.63, 3.8) is 0 Å². The van der Waals surface area contributed by atoms with E-state index in [1.165, 1.54) is 18.4 Å². The van der Waals surface area contributed by atoms with E-state index in [0.29, 0.717) is 0 Å². The minimum absolute atomic E-state index is 0.404. The van der Waals surface area contributed by atoms with Crippen LogP contribution in [-0.2, 0) is 10.2 Å². The van der Waals surface area contributed by atoms with Gasteiger partial charge in [-0.1, -0.05) is 60.2 Å². The fourth-order valence-corrected chi connectivity index (χ4v) is 2.77. The molecule has 0 amide bonds. The topological polar surface area (TPSA) is 49.4 Å². The largest absolute Gasteiger partial charge is 0.279 e. The van der Waals surface area contributed by atoms with E-state index in [9.17, 15) is 8.42 Å². The summed E-state index contributed by atoms with van der Waals surface area (Å²) in [5.41, 5.74) is 2.96. The summed E-state index contributed by atoms with van der Waals surface area (Å²) in [6.07, 6.45) is 0. The standard InChI is InChI=1S/C16H20N2O2S/c1-13-9-11-15(12-10-13)16(14-7-5-4-6-8-14)17-21(19,20)18(2)3/h4-12,16-17H,1-3H3/t16-/m1/s1. The normalized spacial score (nSPS) is 13.3. The average Bonchev–Trinajstić information content (AvgIpc) is 2.47. The Kier molecular flexibility index (Phi) is 4.77. The molecule has 0 fully saturated rings. The summed E-state index contributed by atoms with van der Waals surface area (Å²) in [5, 5.41) is 0. The van der Waals surface area contributed by atoms with Gasteiger partial charge >= 0.3 is 0 Å². The van der Waals surface area contributed by atoms with E-state index in [1.54, 1.807) is 0 Å². The molecule has 2 aromatic rings. The first kappa shape index (κ1) is 15.7. The summed E-state index contributed by atoms with van der Waals surface area (Å²) in [6, 6.07) is 17.0. The van der Waals surface area contributed by atoms with Gasteiger partial charge in [0, 0.05) is 14.1 Å². The number of nitrogens with zero attached hydrogens (tertiary/aromatic N) is 1. The Morgan fingerprint density at radius 2 is 1.43 bits per heavy atom. The van der Waals surface area contributed by atoms with Crippen LogP contribution in [0.4, 0.5) is 0 Å². The van der Waals surface area contributed by atoms with Gasteiger partial charge in [-0.25, -0.2) is 0 Å². The van der Waals surface area contributed by atoms with Gasteiger partial charge in [-0.15, -0.1) is 0 Å². The highest BCUT2D eigenvalue weighted by Crippen LogP contribution is 2.23. The van der Waals surface area contributed by atoms with E-state index in [4.69, 9.17) is 0 Å².